The minimum Gasteiger partial charge on any atom is -0.379 e. The zero-order chi connectivity index (χ0) is 21.1. The van der Waals surface area contributed by atoms with Crippen LogP contribution in [0.15, 0.2) is 64.4 Å². The second kappa shape index (κ2) is 8.34. The van der Waals surface area contributed by atoms with E-state index in [1.54, 1.807) is 18.2 Å². The third-order valence-electron chi connectivity index (χ3n) is 4.80. The molecule has 0 radical (unpaired) electrons. The minimum absolute atomic E-state index is 0.148. The van der Waals surface area contributed by atoms with E-state index in [9.17, 15) is 18.0 Å². The fourth-order valence-corrected chi connectivity index (χ4v) is 4.63. The van der Waals surface area contributed by atoms with Crippen molar-refractivity contribution < 1.29 is 17.9 Å². The highest BCUT2D eigenvalue weighted by Gasteiger charge is 2.26. The molecule has 30 heavy (non-hydrogen) atoms. The fraction of sp³-hybridized carbons (Fsp3) is 0.250. The van der Waals surface area contributed by atoms with Crippen LogP contribution in [0.5, 0.6) is 0 Å². The summed E-state index contributed by atoms with van der Waals surface area (Å²) in [6.45, 7) is 1.12. The lowest BCUT2D eigenvalue weighted by Gasteiger charge is -2.26. The van der Waals surface area contributed by atoms with Crippen LogP contribution in [0.3, 0.4) is 0 Å². The Bertz CT molecular complexity index is 1230. The number of aromatic nitrogens is 2. The Morgan fingerprint density at radius 2 is 1.77 bits per heavy atom. The predicted octanol–water partition coefficient (Wildman–Crippen LogP) is 1.06. The van der Waals surface area contributed by atoms with Crippen LogP contribution in [0.4, 0.5) is 5.69 Å². The van der Waals surface area contributed by atoms with E-state index in [1.807, 2.05) is 6.07 Å². The summed E-state index contributed by atoms with van der Waals surface area (Å²) in [4.78, 5) is 25.0. The minimum atomic E-state index is -3.60. The molecule has 2 heterocycles. The first-order chi connectivity index (χ1) is 14.4. The molecule has 1 amide bonds. The number of morpholine rings is 1. The highest BCUT2D eigenvalue weighted by atomic mass is 32.2. The maximum atomic E-state index is 12.6. The van der Waals surface area contributed by atoms with E-state index < -0.39 is 15.9 Å². The second-order valence-corrected chi connectivity index (χ2v) is 8.72. The van der Waals surface area contributed by atoms with E-state index in [1.165, 1.54) is 34.8 Å². The molecule has 1 fully saturated rings. The molecule has 0 saturated carbocycles. The lowest BCUT2D eigenvalue weighted by Crippen LogP contribution is -2.40. The highest BCUT2D eigenvalue weighted by molar-refractivity contribution is 7.89. The summed E-state index contributed by atoms with van der Waals surface area (Å²) in [5.74, 6) is -0.441. The van der Waals surface area contributed by atoms with Crippen LogP contribution >= 0.6 is 0 Å². The third kappa shape index (κ3) is 4.11. The number of hydrogen-bond acceptors (Lipinski definition) is 6. The van der Waals surface area contributed by atoms with Crippen molar-refractivity contribution in [1.82, 2.24) is 14.1 Å². The van der Waals surface area contributed by atoms with Gasteiger partial charge in [-0.05, 0) is 30.3 Å². The largest absolute Gasteiger partial charge is 0.379 e. The number of carbonyl (C=O) groups is 1. The average molecular weight is 428 g/mol. The Labute approximate surface area is 172 Å². The zero-order valence-corrected chi connectivity index (χ0v) is 16.8. The number of hydrogen-bond donors (Lipinski definition) is 1. The van der Waals surface area contributed by atoms with Crippen molar-refractivity contribution in [1.29, 1.82) is 0 Å². The number of fused-ring (bicyclic) bond motifs is 1. The quantitative estimate of drug-likeness (QED) is 0.651. The number of anilines is 1. The van der Waals surface area contributed by atoms with Gasteiger partial charge in [0.2, 0.25) is 15.9 Å². The van der Waals surface area contributed by atoms with Crippen molar-refractivity contribution in [3.8, 4) is 0 Å². The summed E-state index contributed by atoms with van der Waals surface area (Å²) in [6.07, 6.45) is 1.54. The van der Waals surface area contributed by atoms with Gasteiger partial charge in [0.05, 0.1) is 29.7 Å². The molecule has 1 saturated heterocycles. The Kier molecular flexibility index (Phi) is 5.62. The smallest absolute Gasteiger partial charge is 0.275 e. The molecule has 2 aromatic carbocycles. The van der Waals surface area contributed by atoms with Crippen molar-refractivity contribution in [2.45, 2.75) is 11.4 Å². The van der Waals surface area contributed by atoms with Gasteiger partial charge in [-0.1, -0.05) is 18.2 Å². The molecule has 3 aromatic rings. The zero-order valence-electron chi connectivity index (χ0n) is 16.0. The average Bonchev–Trinajstić information content (AvgIpc) is 2.77. The lowest BCUT2D eigenvalue weighted by molar-refractivity contribution is -0.117. The first-order valence-electron chi connectivity index (χ1n) is 9.38. The molecule has 0 spiro atoms. The van der Waals surface area contributed by atoms with Gasteiger partial charge < -0.3 is 10.1 Å². The molecular weight excluding hydrogens is 408 g/mol. The van der Waals surface area contributed by atoms with Crippen LogP contribution in [-0.2, 0) is 26.1 Å². The molecule has 1 aliphatic heterocycles. The number of nitrogens with one attached hydrogen (secondary N) is 1. The van der Waals surface area contributed by atoms with Gasteiger partial charge in [-0.2, -0.15) is 9.40 Å². The monoisotopic (exact) mass is 428 g/mol. The van der Waals surface area contributed by atoms with E-state index in [-0.39, 0.29) is 17.0 Å². The van der Waals surface area contributed by atoms with E-state index in [2.05, 4.69) is 10.4 Å². The summed E-state index contributed by atoms with van der Waals surface area (Å²) in [5.41, 5.74) is 0.0740. The molecule has 1 N–H and O–H groups in total. The predicted molar refractivity (Wildman–Crippen MR) is 111 cm³/mol. The number of nitrogens with zero attached hydrogens (tertiary/aromatic N) is 3. The fourth-order valence-electron chi connectivity index (χ4n) is 3.22. The van der Waals surface area contributed by atoms with Gasteiger partial charge in [-0.15, -0.1) is 0 Å². The first kappa shape index (κ1) is 20.2. The van der Waals surface area contributed by atoms with Gasteiger partial charge in [0.15, 0.2) is 0 Å². The van der Waals surface area contributed by atoms with Crippen LogP contribution in [0.25, 0.3) is 10.8 Å². The van der Waals surface area contributed by atoms with Crippen molar-refractivity contribution in [2.24, 2.45) is 0 Å². The standard InChI is InChI=1S/C20H20N4O5S/c25-19(14-24-20(26)18-4-2-1-3-15(18)13-21-24)22-16-5-7-17(8-6-16)30(27,28)23-9-11-29-12-10-23/h1-8,13H,9-12,14H2,(H,22,25). The summed E-state index contributed by atoms with van der Waals surface area (Å²) >= 11 is 0. The summed E-state index contributed by atoms with van der Waals surface area (Å²) in [5, 5.41) is 7.88. The molecule has 0 unspecified atom stereocenters. The van der Waals surface area contributed by atoms with Crippen LogP contribution < -0.4 is 10.9 Å². The molecule has 1 aliphatic rings. The molecule has 9 nitrogen and oxygen atoms in total. The van der Waals surface area contributed by atoms with E-state index in [0.29, 0.717) is 42.8 Å². The molecule has 0 aliphatic carbocycles. The van der Waals surface area contributed by atoms with Crippen molar-refractivity contribution in [3.05, 3.63) is 65.1 Å². The second-order valence-electron chi connectivity index (χ2n) is 6.78. The molecule has 156 valence electrons. The van der Waals surface area contributed by atoms with E-state index in [4.69, 9.17) is 4.74 Å². The number of rotatable bonds is 5. The number of benzene rings is 2. The van der Waals surface area contributed by atoms with Crippen LogP contribution in [-0.4, -0.2) is 54.7 Å². The Hall–Kier alpha value is -3.08. The third-order valence-corrected chi connectivity index (χ3v) is 6.71. The lowest BCUT2D eigenvalue weighted by atomic mass is 10.2. The molecule has 0 bridgehead atoms. The first-order valence-corrected chi connectivity index (χ1v) is 10.8. The summed E-state index contributed by atoms with van der Waals surface area (Å²) in [6, 6.07) is 12.9. The van der Waals surface area contributed by atoms with E-state index >= 15 is 0 Å². The van der Waals surface area contributed by atoms with Gasteiger partial charge in [-0.25, -0.2) is 13.1 Å². The Balaban J connectivity index is 1.45. The highest BCUT2D eigenvalue weighted by Crippen LogP contribution is 2.19. The molecule has 1 aromatic heterocycles. The van der Waals surface area contributed by atoms with Gasteiger partial charge in [0.1, 0.15) is 6.54 Å². The summed E-state index contributed by atoms with van der Waals surface area (Å²) < 4.78 is 32.9. The molecule has 4 rings (SSSR count). The molecular formula is C20H20N4O5S. The van der Waals surface area contributed by atoms with Crippen LogP contribution in [0.1, 0.15) is 0 Å². The van der Waals surface area contributed by atoms with Crippen molar-refractivity contribution >= 4 is 32.4 Å². The van der Waals surface area contributed by atoms with Crippen molar-refractivity contribution in [3.63, 3.8) is 0 Å². The number of carbonyl (C=O) groups excluding carboxylic acids is 1. The molecule has 0 atom stereocenters. The van der Waals surface area contributed by atoms with Crippen molar-refractivity contribution in [2.75, 3.05) is 31.6 Å². The SMILES string of the molecule is O=C(Cn1ncc2ccccc2c1=O)Nc1ccc(S(=O)(=O)N2CCOCC2)cc1. The van der Waals surface area contributed by atoms with Gasteiger partial charge in [-0.3, -0.25) is 9.59 Å². The number of amides is 1. The number of ether oxygens (including phenoxy) is 1. The van der Waals surface area contributed by atoms with Gasteiger partial charge >= 0.3 is 0 Å². The number of sulfonamides is 1. The molecule has 10 heteroatoms. The maximum Gasteiger partial charge on any atom is 0.275 e. The summed E-state index contributed by atoms with van der Waals surface area (Å²) in [7, 11) is -3.60. The van der Waals surface area contributed by atoms with Gasteiger partial charge in [0.25, 0.3) is 5.56 Å². The van der Waals surface area contributed by atoms with E-state index in [0.717, 1.165) is 4.68 Å². The Morgan fingerprint density at radius 3 is 2.50 bits per heavy atom. The normalized spacial score (nSPS) is 15.2. The maximum absolute atomic E-state index is 12.6. The topological polar surface area (TPSA) is 111 Å². The van der Waals surface area contributed by atoms with Crippen LogP contribution in [0, 0.1) is 0 Å². The van der Waals surface area contributed by atoms with Gasteiger partial charge in [0, 0.05) is 24.2 Å². The van der Waals surface area contributed by atoms with Crippen LogP contribution in [0.2, 0.25) is 0 Å². The Morgan fingerprint density at radius 1 is 1.07 bits per heavy atom.